The van der Waals surface area contributed by atoms with Crippen LogP contribution in [0.4, 0.5) is 18.4 Å². The van der Waals surface area contributed by atoms with Crippen LogP contribution in [0.5, 0.6) is 0 Å². The second-order valence-electron chi connectivity index (χ2n) is 3.17. The standard InChI is InChI=1S/C7H10F2N2O5/c1-10-3-7(8,9)4(11(14)5(10)12)16-6(13)15-2/h4,14H,3H2,1-2H3. The maximum Gasteiger partial charge on any atom is 0.510 e. The van der Waals surface area contributed by atoms with Crippen LogP contribution in [0.2, 0.25) is 0 Å². The SMILES string of the molecule is COC(=O)OC1N(O)C(=O)N(C)CC1(F)F. The lowest BCUT2D eigenvalue weighted by molar-refractivity contribution is -0.270. The summed E-state index contributed by atoms with van der Waals surface area (Å²) in [5.74, 6) is -3.59. The molecule has 2 amide bonds. The monoisotopic (exact) mass is 240 g/mol. The lowest BCUT2D eigenvalue weighted by Gasteiger charge is -2.39. The molecule has 92 valence electrons. The molecule has 1 aliphatic heterocycles. The second kappa shape index (κ2) is 4.08. The van der Waals surface area contributed by atoms with Gasteiger partial charge in [0, 0.05) is 7.05 Å². The van der Waals surface area contributed by atoms with E-state index in [-0.39, 0.29) is 5.06 Å². The van der Waals surface area contributed by atoms with Gasteiger partial charge in [-0.3, -0.25) is 5.21 Å². The maximum absolute atomic E-state index is 13.3. The summed E-state index contributed by atoms with van der Waals surface area (Å²) in [5, 5.41) is 8.77. The zero-order chi connectivity index (χ0) is 12.5. The molecule has 0 aromatic carbocycles. The van der Waals surface area contributed by atoms with Gasteiger partial charge in [-0.05, 0) is 0 Å². The molecule has 0 aliphatic carbocycles. The van der Waals surface area contributed by atoms with E-state index < -0.39 is 30.9 Å². The van der Waals surface area contributed by atoms with E-state index in [1.807, 2.05) is 0 Å². The fraction of sp³-hybridized carbons (Fsp3) is 0.714. The number of carbonyl (C=O) groups is 2. The number of nitrogens with zero attached hydrogens (tertiary/aromatic N) is 2. The minimum atomic E-state index is -3.59. The van der Waals surface area contributed by atoms with Crippen LogP contribution in [-0.2, 0) is 9.47 Å². The molecule has 1 atom stereocenters. The highest BCUT2D eigenvalue weighted by atomic mass is 19.3. The fourth-order valence-corrected chi connectivity index (χ4v) is 1.19. The predicted octanol–water partition coefficient (Wildman–Crippen LogP) is 0.487. The van der Waals surface area contributed by atoms with E-state index in [9.17, 15) is 18.4 Å². The molecule has 1 saturated heterocycles. The Morgan fingerprint density at radius 2 is 2.19 bits per heavy atom. The molecule has 7 nitrogen and oxygen atoms in total. The highest BCUT2D eigenvalue weighted by Crippen LogP contribution is 2.29. The Hall–Kier alpha value is -1.64. The number of hydroxylamine groups is 2. The summed E-state index contributed by atoms with van der Waals surface area (Å²) in [4.78, 5) is 22.4. The number of alkyl halides is 2. The zero-order valence-corrected chi connectivity index (χ0v) is 8.52. The van der Waals surface area contributed by atoms with Crippen molar-refractivity contribution in [2.75, 3.05) is 20.7 Å². The zero-order valence-electron chi connectivity index (χ0n) is 8.52. The van der Waals surface area contributed by atoms with E-state index in [2.05, 4.69) is 9.47 Å². The minimum Gasteiger partial charge on any atom is -0.438 e. The molecular weight excluding hydrogens is 230 g/mol. The first kappa shape index (κ1) is 12.4. The van der Waals surface area contributed by atoms with Crippen LogP contribution in [0.1, 0.15) is 0 Å². The van der Waals surface area contributed by atoms with Gasteiger partial charge in [0.2, 0.25) is 0 Å². The number of halogens is 2. The van der Waals surface area contributed by atoms with Crippen LogP contribution in [0, 0.1) is 0 Å². The molecule has 0 saturated carbocycles. The average Bonchev–Trinajstić information content (AvgIpc) is 2.20. The molecule has 1 fully saturated rings. The Balaban J connectivity index is 2.86. The van der Waals surface area contributed by atoms with Crippen LogP contribution >= 0.6 is 0 Å². The van der Waals surface area contributed by atoms with Crippen molar-refractivity contribution in [1.82, 2.24) is 9.96 Å². The van der Waals surface area contributed by atoms with Gasteiger partial charge in [0.25, 0.3) is 6.23 Å². The van der Waals surface area contributed by atoms with E-state index in [1.165, 1.54) is 0 Å². The van der Waals surface area contributed by atoms with Crippen molar-refractivity contribution in [3.05, 3.63) is 0 Å². The molecule has 0 spiro atoms. The number of amides is 2. The number of rotatable bonds is 1. The van der Waals surface area contributed by atoms with E-state index in [0.717, 1.165) is 14.2 Å². The van der Waals surface area contributed by atoms with E-state index in [4.69, 9.17) is 5.21 Å². The van der Waals surface area contributed by atoms with Gasteiger partial charge < -0.3 is 14.4 Å². The summed E-state index contributed by atoms with van der Waals surface area (Å²) in [6, 6.07) is -1.10. The largest absolute Gasteiger partial charge is 0.510 e. The number of hydrogen-bond donors (Lipinski definition) is 1. The van der Waals surface area contributed by atoms with Gasteiger partial charge in [-0.25, -0.2) is 9.59 Å². The molecule has 16 heavy (non-hydrogen) atoms. The Morgan fingerprint density at radius 3 is 2.69 bits per heavy atom. The number of methoxy groups -OCH3 is 1. The van der Waals surface area contributed by atoms with Crippen molar-refractivity contribution in [3.8, 4) is 0 Å². The fourth-order valence-electron chi connectivity index (χ4n) is 1.19. The van der Waals surface area contributed by atoms with Crippen molar-refractivity contribution < 1.29 is 33.1 Å². The van der Waals surface area contributed by atoms with Gasteiger partial charge in [-0.2, -0.15) is 13.8 Å². The first-order chi connectivity index (χ1) is 7.29. The molecule has 0 aromatic rings. The van der Waals surface area contributed by atoms with Crippen LogP contribution in [-0.4, -0.2) is 60.2 Å². The minimum absolute atomic E-state index is 0.347. The van der Waals surface area contributed by atoms with E-state index >= 15 is 0 Å². The van der Waals surface area contributed by atoms with Crippen molar-refractivity contribution in [2.24, 2.45) is 0 Å². The summed E-state index contributed by atoms with van der Waals surface area (Å²) in [6.07, 6.45) is -3.80. The molecule has 1 heterocycles. The molecule has 0 aromatic heterocycles. The smallest absolute Gasteiger partial charge is 0.438 e. The molecular formula is C7H10F2N2O5. The first-order valence-electron chi connectivity index (χ1n) is 4.15. The average molecular weight is 240 g/mol. The third-order valence-electron chi connectivity index (χ3n) is 1.93. The van der Waals surface area contributed by atoms with Gasteiger partial charge >= 0.3 is 18.1 Å². The Kier molecular flexibility index (Phi) is 3.17. The van der Waals surface area contributed by atoms with Crippen molar-refractivity contribution in [3.63, 3.8) is 0 Å². The summed E-state index contributed by atoms with van der Waals surface area (Å²) in [5.41, 5.74) is 0. The molecule has 0 bridgehead atoms. The number of carbonyl (C=O) groups excluding carboxylic acids is 2. The Labute approximate surface area is 89.1 Å². The first-order valence-corrected chi connectivity index (χ1v) is 4.15. The summed E-state index contributed by atoms with van der Waals surface area (Å²) in [7, 11) is 1.99. The topological polar surface area (TPSA) is 79.3 Å². The Bertz CT molecular complexity index is 311. The molecule has 1 aliphatic rings. The van der Waals surface area contributed by atoms with Crippen LogP contribution in [0.15, 0.2) is 0 Å². The van der Waals surface area contributed by atoms with Crippen LogP contribution < -0.4 is 0 Å². The lowest BCUT2D eigenvalue weighted by atomic mass is 10.2. The summed E-state index contributed by atoms with van der Waals surface area (Å²) < 4.78 is 34.7. The lowest BCUT2D eigenvalue weighted by Crippen LogP contribution is -2.63. The molecule has 9 heteroatoms. The quantitative estimate of drug-likeness (QED) is 0.533. The molecule has 1 rings (SSSR count). The highest BCUT2D eigenvalue weighted by molar-refractivity contribution is 5.74. The van der Waals surface area contributed by atoms with Gasteiger partial charge in [-0.15, -0.1) is 0 Å². The van der Waals surface area contributed by atoms with Crippen molar-refractivity contribution in [1.29, 1.82) is 0 Å². The normalized spacial score (nSPS) is 24.3. The molecule has 0 radical (unpaired) electrons. The summed E-state index contributed by atoms with van der Waals surface area (Å²) in [6.45, 7) is -0.968. The van der Waals surface area contributed by atoms with Gasteiger partial charge in [0.05, 0.1) is 13.7 Å². The highest BCUT2D eigenvalue weighted by Gasteiger charge is 2.54. The maximum atomic E-state index is 13.3. The van der Waals surface area contributed by atoms with E-state index in [1.54, 1.807) is 0 Å². The number of hydrogen-bond acceptors (Lipinski definition) is 5. The van der Waals surface area contributed by atoms with Crippen molar-refractivity contribution in [2.45, 2.75) is 12.2 Å². The van der Waals surface area contributed by atoms with Crippen molar-refractivity contribution >= 4 is 12.2 Å². The van der Waals surface area contributed by atoms with Gasteiger partial charge in [0.1, 0.15) is 0 Å². The third-order valence-corrected chi connectivity index (χ3v) is 1.93. The second-order valence-corrected chi connectivity index (χ2v) is 3.17. The van der Waals surface area contributed by atoms with E-state index in [0.29, 0.717) is 4.90 Å². The predicted molar refractivity (Wildman–Crippen MR) is 43.9 cm³/mol. The Morgan fingerprint density at radius 1 is 1.62 bits per heavy atom. The third kappa shape index (κ3) is 2.13. The number of ether oxygens (including phenoxy) is 2. The van der Waals surface area contributed by atoms with Gasteiger partial charge in [0.15, 0.2) is 0 Å². The summed E-state index contributed by atoms with van der Waals surface area (Å²) >= 11 is 0. The molecule has 1 unspecified atom stereocenters. The van der Waals surface area contributed by atoms with Crippen LogP contribution in [0.25, 0.3) is 0 Å². The number of urea groups is 1. The van der Waals surface area contributed by atoms with Gasteiger partial charge in [-0.1, -0.05) is 0 Å². The van der Waals surface area contributed by atoms with Crippen LogP contribution in [0.3, 0.4) is 0 Å². The molecule has 1 N–H and O–H groups in total.